The number of hydrogen-bond donors (Lipinski definition) is 2. The van der Waals surface area contributed by atoms with Crippen molar-refractivity contribution in [2.24, 2.45) is 4.99 Å². The van der Waals surface area contributed by atoms with E-state index in [1.807, 2.05) is 17.0 Å². The largest absolute Gasteiger partial charge is 0.357 e. The third-order valence-corrected chi connectivity index (χ3v) is 5.51. The lowest BCUT2D eigenvalue weighted by atomic mass is 9.96. The number of carbonyl (C=O) groups is 1. The highest BCUT2D eigenvalue weighted by molar-refractivity contribution is 14.0. The van der Waals surface area contributed by atoms with Gasteiger partial charge in [0.05, 0.1) is 6.54 Å². The van der Waals surface area contributed by atoms with Crippen LogP contribution in [-0.2, 0) is 10.2 Å². The minimum absolute atomic E-state index is 0. The molecule has 0 unspecified atom stereocenters. The predicted molar refractivity (Wildman–Crippen MR) is 122 cm³/mol. The lowest BCUT2D eigenvalue weighted by Crippen LogP contribution is -2.39. The van der Waals surface area contributed by atoms with Crippen molar-refractivity contribution >= 4 is 47.4 Å². The van der Waals surface area contributed by atoms with Gasteiger partial charge in [-0.25, -0.2) is 0 Å². The van der Waals surface area contributed by atoms with Crippen LogP contribution in [0.2, 0.25) is 5.02 Å². The summed E-state index contributed by atoms with van der Waals surface area (Å²) in [7, 11) is 0. The van der Waals surface area contributed by atoms with Crippen molar-refractivity contribution in [3.63, 3.8) is 0 Å². The molecule has 5 nitrogen and oxygen atoms in total. The number of likely N-dealkylation sites (tertiary alicyclic amines) is 1. The van der Waals surface area contributed by atoms with Gasteiger partial charge in [0.1, 0.15) is 0 Å². The highest BCUT2D eigenvalue weighted by atomic mass is 127. The van der Waals surface area contributed by atoms with E-state index in [0.717, 1.165) is 56.5 Å². The van der Waals surface area contributed by atoms with Crippen LogP contribution in [-0.4, -0.2) is 49.5 Å². The van der Waals surface area contributed by atoms with Gasteiger partial charge in [-0.15, -0.1) is 24.0 Å². The number of nitrogens with zero attached hydrogens (tertiary/aromatic N) is 2. The van der Waals surface area contributed by atoms with Gasteiger partial charge < -0.3 is 15.5 Å². The van der Waals surface area contributed by atoms with E-state index in [4.69, 9.17) is 16.6 Å². The molecule has 0 spiro atoms. The molecule has 0 aromatic heterocycles. The van der Waals surface area contributed by atoms with Crippen LogP contribution in [0.15, 0.2) is 29.3 Å². The first-order chi connectivity index (χ1) is 12.6. The summed E-state index contributed by atoms with van der Waals surface area (Å²) in [4.78, 5) is 18.4. The molecule has 2 aliphatic rings. The fourth-order valence-corrected chi connectivity index (χ4v) is 3.61. The highest BCUT2D eigenvalue weighted by Crippen LogP contribution is 2.48. The lowest BCUT2D eigenvalue weighted by molar-refractivity contribution is -0.127. The zero-order valence-corrected chi connectivity index (χ0v) is 19.1. The Labute approximate surface area is 184 Å². The Morgan fingerprint density at radius 3 is 2.59 bits per heavy atom. The Kier molecular flexibility index (Phi) is 8.66. The van der Waals surface area contributed by atoms with Crippen LogP contribution in [0.4, 0.5) is 0 Å². The first-order valence-electron chi connectivity index (χ1n) is 9.69. The summed E-state index contributed by atoms with van der Waals surface area (Å²) in [6, 6.07) is 8.17. The Morgan fingerprint density at radius 1 is 1.26 bits per heavy atom. The second-order valence-electron chi connectivity index (χ2n) is 7.25. The number of halogens is 2. The van der Waals surface area contributed by atoms with Crippen molar-refractivity contribution in [3.05, 3.63) is 34.9 Å². The molecule has 0 atom stereocenters. The second-order valence-corrected chi connectivity index (χ2v) is 7.68. The Balaban J connectivity index is 0.00000261. The van der Waals surface area contributed by atoms with Crippen molar-refractivity contribution < 1.29 is 4.79 Å². The van der Waals surface area contributed by atoms with Gasteiger partial charge in [-0.1, -0.05) is 23.7 Å². The summed E-state index contributed by atoms with van der Waals surface area (Å²) >= 11 is 6.01. The number of carbonyl (C=O) groups excluding carboxylic acids is 1. The van der Waals surface area contributed by atoms with E-state index < -0.39 is 0 Å². The molecule has 1 aromatic carbocycles. The smallest absolute Gasteiger partial charge is 0.222 e. The molecule has 3 rings (SSSR count). The molecule has 2 N–H and O–H groups in total. The number of hydrogen-bond acceptors (Lipinski definition) is 2. The van der Waals surface area contributed by atoms with E-state index in [1.54, 1.807) is 0 Å². The first kappa shape index (κ1) is 22.3. The molecule has 2 fully saturated rings. The maximum Gasteiger partial charge on any atom is 0.222 e. The fourth-order valence-electron chi connectivity index (χ4n) is 3.48. The minimum Gasteiger partial charge on any atom is -0.357 e. The van der Waals surface area contributed by atoms with Gasteiger partial charge in [0, 0.05) is 43.0 Å². The predicted octanol–water partition coefficient (Wildman–Crippen LogP) is 3.56. The third-order valence-electron chi connectivity index (χ3n) is 5.26. The quantitative estimate of drug-likeness (QED) is 0.246. The van der Waals surface area contributed by atoms with Gasteiger partial charge in [-0.2, -0.15) is 0 Å². The molecule has 0 radical (unpaired) electrons. The number of aliphatic imine (C=N–C) groups is 1. The van der Waals surface area contributed by atoms with Crippen LogP contribution in [0.25, 0.3) is 0 Å². The minimum atomic E-state index is 0. The molecule has 150 valence electrons. The van der Waals surface area contributed by atoms with E-state index >= 15 is 0 Å². The third kappa shape index (κ3) is 6.24. The van der Waals surface area contributed by atoms with Crippen LogP contribution in [0.5, 0.6) is 0 Å². The summed E-state index contributed by atoms with van der Waals surface area (Å²) in [5.74, 6) is 1.16. The average Bonchev–Trinajstić information content (AvgIpc) is 3.32. The highest BCUT2D eigenvalue weighted by Gasteiger charge is 2.44. The zero-order chi connectivity index (χ0) is 18.4. The number of rotatable bonds is 8. The van der Waals surface area contributed by atoms with Crippen molar-refractivity contribution in [2.75, 3.05) is 32.7 Å². The summed E-state index contributed by atoms with van der Waals surface area (Å²) in [6.07, 6.45) is 5.01. The van der Waals surface area contributed by atoms with Crippen LogP contribution in [0.1, 0.15) is 44.6 Å². The molecule has 1 aliphatic heterocycles. The van der Waals surface area contributed by atoms with E-state index in [1.165, 1.54) is 18.4 Å². The van der Waals surface area contributed by atoms with Crippen LogP contribution in [0, 0.1) is 0 Å². The van der Waals surface area contributed by atoms with E-state index in [0.29, 0.717) is 12.3 Å². The molecular formula is C20H30ClIN4O. The lowest BCUT2D eigenvalue weighted by Gasteiger charge is -2.18. The molecule has 7 heteroatoms. The van der Waals surface area contributed by atoms with Crippen LogP contribution in [0.3, 0.4) is 0 Å². The van der Waals surface area contributed by atoms with Crippen molar-refractivity contribution in [1.29, 1.82) is 0 Å². The summed E-state index contributed by atoms with van der Waals surface area (Å²) in [6.45, 7) is 6.27. The van der Waals surface area contributed by atoms with Crippen LogP contribution < -0.4 is 10.6 Å². The second kappa shape index (κ2) is 10.5. The maximum atomic E-state index is 11.6. The van der Waals surface area contributed by atoms with E-state index in [2.05, 4.69) is 29.7 Å². The van der Waals surface area contributed by atoms with Gasteiger partial charge in [0.15, 0.2) is 5.96 Å². The van der Waals surface area contributed by atoms with Gasteiger partial charge in [-0.05, 0) is 50.3 Å². The Morgan fingerprint density at radius 2 is 2.00 bits per heavy atom. The molecule has 1 amide bonds. The molecule has 1 saturated heterocycles. The number of amides is 1. The average molecular weight is 505 g/mol. The van der Waals surface area contributed by atoms with Crippen LogP contribution >= 0.6 is 35.6 Å². The SMILES string of the molecule is CCNC(=NCC1(c2ccc(Cl)cc2)CC1)NCCCN1CCCC1=O.I. The van der Waals surface area contributed by atoms with Gasteiger partial charge in [-0.3, -0.25) is 9.79 Å². The molecule has 1 aromatic rings. The first-order valence-corrected chi connectivity index (χ1v) is 10.1. The summed E-state index contributed by atoms with van der Waals surface area (Å²) in [5, 5.41) is 7.50. The molecular weight excluding hydrogens is 475 g/mol. The van der Waals surface area contributed by atoms with Crippen molar-refractivity contribution in [3.8, 4) is 0 Å². The van der Waals surface area contributed by atoms with Crippen molar-refractivity contribution in [2.45, 2.75) is 44.4 Å². The van der Waals surface area contributed by atoms with Gasteiger partial charge >= 0.3 is 0 Å². The Hall–Kier alpha value is -1.02. The molecule has 1 aliphatic carbocycles. The fraction of sp³-hybridized carbons (Fsp3) is 0.600. The molecule has 0 bridgehead atoms. The van der Waals surface area contributed by atoms with Gasteiger partial charge in [0.2, 0.25) is 5.91 Å². The molecule has 1 saturated carbocycles. The zero-order valence-electron chi connectivity index (χ0n) is 16.0. The number of guanidine groups is 1. The summed E-state index contributed by atoms with van der Waals surface area (Å²) in [5.41, 5.74) is 1.50. The molecule has 27 heavy (non-hydrogen) atoms. The number of benzene rings is 1. The van der Waals surface area contributed by atoms with Gasteiger partial charge in [0.25, 0.3) is 0 Å². The van der Waals surface area contributed by atoms with E-state index in [-0.39, 0.29) is 29.4 Å². The maximum absolute atomic E-state index is 11.6. The number of nitrogens with one attached hydrogen (secondary N) is 2. The normalized spacial score (nSPS) is 18.2. The Bertz CT molecular complexity index is 646. The topological polar surface area (TPSA) is 56.7 Å². The summed E-state index contributed by atoms with van der Waals surface area (Å²) < 4.78 is 0. The van der Waals surface area contributed by atoms with E-state index in [9.17, 15) is 4.79 Å². The standard InChI is InChI=1S/C20H29ClN4O.HI/c1-2-22-19(23-12-4-14-25-13-3-5-18(25)26)24-15-20(10-11-20)16-6-8-17(21)9-7-16;/h6-9H,2-5,10-15H2,1H3,(H2,22,23,24);1H. The monoisotopic (exact) mass is 504 g/mol. The molecule has 1 heterocycles. The van der Waals surface area contributed by atoms with Crippen molar-refractivity contribution in [1.82, 2.24) is 15.5 Å².